The highest BCUT2D eigenvalue weighted by atomic mass is 16.5. The normalized spacial score (nSPS) is 16.4. The van der Waals surface area contributed by atoms with E-state index in [1.165, 1.54) is 6.42 Å². The van der Waals surface area contributed by atoms with Crippen LogP contribution in [0.15, 0.2) is 42.6 Å². The van der Waals surface area contributed by atoms with Crippen LogP contribution in [0.4, 0.5) is 11.5 Å². The van der Waals surface area contributed by atoms with Gasteiger partial charge >= 0.3 is 0 Å². The SMILES string of the molecule is Cc1cc(-c2cc(NC(=O)c3cc(C4CCC4)cnn3)ccc2C)cc(N2CCOCC2)n1. The van der Waals surface area contributed by atoms with Gasteiger partial charge in [0.1, 0.15) is 5.82 Å². The molecule has 0 atom stereocenters. The number of aryl methyl sites for hydroxylation is 2. The van der Waals surface area contributed by atoms with E-state index in [4.69, 9.17) is 9.72 Å². The third-order valence-corrected chi connectivity index (χ3v) is 6.57. The lowest BCUT2D eigenvalue weighted by molar-refractivity contribution is 0.102. The van der Waals surface area contributed by atoms with E-state index < -0.39 is 0 Å². The molecule has 1 aromatic carbocycles. The van der Waals surface area contributed by atoms with Crippen molar-refractivity contribution in [2.75, 3.05) is 36.5 Å². The predicted octanol–water partition coefficient (Wildman–Crippen LogP) is 4.51. The molecule has 1 aliphatic carbocycles. The molecule has 1 amide bonds. The summed E-state index contributed by atoms with van der Waals surface area (Å²) in [6, 6.07) is 12.1. The molecule has 2 aliphatic rings. The monoisotopic (exact) mass is 443 g/mol. The Morgan fingerprint density at radius 2 is 1.91 bits per heavy atom. The van der Waals surface area contributed by atoms with Crippen molar-refractivity contribution in [3.05, 3.63) is 65.1 Å². The zero-order chi connectivity index (χ0) is 22.8. The van der Waals surface area contributed by atoms with Crippen molar-refractivity contribution in [1.82, 2.24) is 15.2 Å². The van der Waals surface area contributed by atoms with Crippen molar-refractivity contribution >= 4 is 17.4 Å². The van der Waals surface area contributed by atoms with Crippen LogP contribution in [0.2, 0.25) is 0 Å². The number of carbonyl (C=O) groups is 1. The number of pyridine rings is 1. The molecule has 170 valence electrons. The van der Waals surface area contributed by atoms with Gasteiger partial charge in [0, 0.05) is 24.5 Å². The Hall–Kier alpha value is -3.32. The first-order valence-electron chi connectivity index (χ1n) is 11.6. The average Bonchev–Trinajstić information content (AvgIpc) is 2.79. The van der Waals surface area contributed by atoms with Crippen LogP contribution in [-0.4, -0.2) is 47.4 Å². The van der Waals surface area contributed by atoms with Crippen LogP contribution in [0, 0.1) is 13.8 Å². The van der Waals surface area contributed by atoms with Crippen LogP contribution in [0.3, 0.4) is 0 Å². The van der Waals surface area contributed by atoms with Crippen molar-refractivity contribution in [1.29, 1.82) is 0 Å². The number of aromatic nitrogens is 3. The fraction of sp³-hybridized carbons (Fsp3) is 0.385. The Kier molecular flexibility index (Phi) is 6.05. The van der Waals surface area contributed by atoms with E-state index in [0.717, 1.165) is 78.6 Å². The Labute approximate surface area is 194 Å². The molecule has 0 unspecified atom stereocenters. The quantitative estimate of drug-likeness (QED) is 0.625. The fourth-order valence-corrected chi connectivity index (χ4v) is 4.42. The summed E-state index contributed by atoms with van der Waals surface area (Å²) in [7, 11) is 0. The summed E-state index contributed by atoms with van der Waals surface area (Å²) >= 11 is 0. The number of benzene rings is 1. The topological polar surface area (TPSA) is 80.2 Å². The first kappa shape index (κ1) is 21.5. The van der Waals surface area contributed by atoms with Crippen LogP contribution in [0.5, 0.6) is 0 Å². The Balaban J connectivity index is 1.39. The number of ether oxygens (including phenoxy) is 1. The van der Waals surface area contributed by atoms with Gasteiger partial charge in [-0.1, -0.05) is 12.5 Å². The molecule has 33 heavy (non-hydrogen) atoms. The van der Waals surface area contributed by atoms with Crippen molar-refractivity contribution in [3.63, 3.8) is 0 Å². The van der Waals surface area contributed by atoms with Crippen LogP contribution in [0.25, 0.3) is 11.1 Å². The number of hydrogen-bond acceptors (Lipinski definition) is 6. The van der Waals surface area contributed by atoms with E-state index in [9.17, 15) is 4.79 Å². The summed E-state index contributed by atoms with van der Waals surface area (Å²) in [6.45, 7) is 7.21. The number of morpholine rings is 1. The highest BCUT2D eigenvalue weighted by molar-refractivity contribution is 6.03. The Bertz CT molecular complexity index is 1170. The van der Waals surface area contributed by atoms with E-state index in [0.29, 0.717) is 11.6 Å². The van der Waals surface area contributed by atoms with Gasteiger partial charge in [-0.25, -0.2) is 4.98 Å². The Morgan fingerprint density at radius 1 is 1.09 bits per heavy atom. The lowest BCUT2D eigenvalue weighted by Crippen LogP contribution is -2.36. The molecule has 2 aromatic heterocycles. The average molecular weight is 444 g/mol. The van der Waals surface area contributed by atoms with Gasteiger partial charge < -0.3 is 15.0 Å². The minimum Gasteiger partial charge on any atom is -0.378 e. The maximum absolute atomic E-state index is 12.9. The summed E-state index contributed by atoms with van der Waals surface area (Å²) < 4.78 is 5.49. The summed E-state index contributed by atoms with van der Waals surface area (Å²) in [5.41, 5.74) is 6.46. The molecule has 2 fully saturated rings. The lowest BCUT2D eigenvalue weighted by atomic mass is 9.81. The molecule has 3 heterocycles. The van der Waals surface area contributed by atoms with Crippen LogP contribution >= 0.6 is 0 Å². The molecule has 7 heteroatoms. The second kappa shape index (κ2) is 9.27. The summed E-state index contributed by atoms with van der Waals surface area (Å²) in [5, 5.41) is 11.1. The zero-order valence-corrected chi connectivity index (χ0v) is 19.2. The molecule has 7 nitrogen and oxygen atoms in total. The number of anilines is 2. The number of rotatable bonds is 5. The second-order valence-corrected chi connectivity index (χ2v) is 8.94. The van der Waals surface area contributed by atoms with Crippen LogP contribution in [0.1, 0.15) is 52.5 Å². The summed E-state index contributed by atoms with van der Waals surface area (Å²) in [5.74, 6) is 1.23. The molecule has 0 spiro atoms. The zero-order valence-electron chi connectivity index (χ0n) is 19.2. The van der Waals surface area contributed by atoms with E-state index in [-0.39, 0.29) is 5.91 Å². The summed E-state index contributed by atoms with van der Waals surface area (Å²) in [6.07, 6.45) is 5.34. The summed E-state index contributed by atoms with van der Waals surface area (Å²) in [4.78, 5) is 19.9. The Morgan fingerprint density at radius 3 is 2.67 bits per heavy atom. The molecule has 1 N–H and O–H groups in total. The molecule has 0 bridgehead atoms. The van der Waals surface area contributed by atoms with Crippen molar-refractivity contribution in [2.24, 2.45) is 0 Å². The first-order valence-corrected chi connectivity index (χ1v) is 11.6. The van der Waals surface area contributed by atoms with E-state index in [2.05, 4.69) is 39.5 Å². The minimum absolute atomic E-state index is 0.238. The third-order valence-electron chi connectivity index (χ3n) is 6.57. The lowest BCUT2D eigenvalue weighted by Gasteiger charge is -2.28. The van der Waals surface area contributed by atoms with Gasteiger partial charge in [-0.2, -0.15) is 5.10 Å². The molecule has 5 rings (SSSR count). The molecule has 1 saturated heterocycles. The first-order chi connectivity index (χ1) is 16.1. The highest BCUT2D eigenvalue weighted by Gasteiger charge is 2.21. The number of nitrogens with zero attached hydrogens (tertiary/aromatic N) is 4. The standard InChI is InChI=1S/C26H29N5O2/c1-17-6-7-22(29-26(32)24-13-21(16-27-30-24)19-4-3-5-19)15-23(17)20-12-18(2)28-25(14-20)31-8-10-33-11-9-31/h6-7,12-16,19H,3-5,8-11H2,1-2H3,(H,29,32). The fourth-order valence-electron chi connectivity index (χ4n) is 4.42. The molecule has 0 radical (unpaired) electrons. The van der Waals surface area contributed by atoms with Crippen molar-refractivity contribution in [2.45, 2.75) is 39.0 Å². The van der Waals surface area contributed by atoms with Crippen molar-refractivity contribution in [3.8, 4) is 11.1 Å². The van der Waals surface area contributed by atoms with Gasteiger partial charge in [0.25, 0.3) is 5.91 Å². The van der Waals surface area contributed by atoms with Crippen molar-refractivity contribution < 1.29 is 9.53 Å². The van der Waals surface area contributed by atoms with Gasteiger partial charge in [-0.05, 0) is 85.2 Å². The maximum Gasteiger partial charge on any atom is 0.276 e. The number of carbonyl (C=O) groups excluding carboxylic acids is 1. The molecular weight excluding hydrogens is 414 g/mol. The number of amides is 1. The van der Waals surface area contributed by atoms with E-state index in [1.807, 2.05) is 31.2 Å². The van der Waals surface area contributed by atoms with Gasteiger partial charge in [0.05, 0.1) is 19.4 Å². The number of hydrogen-bond donors (Lipinski definition) is 1. The van der Waals surface area contributed by atoms with Gasteiger partial charge in [-0.15, -0.1) is 5.10 Å². The second-order valence-electron chi connectivity index (χ2n) is 8.94. The number of nitrogens with one attached hydrogen (secondary N) is 1. The molecular formula is C26H29N5O2. The highest BCUT2D eigenvalue weighted by Crippen LogP contribution is 2.36. The van der Waals surface area contributed by atoms with E-state index >= 15 is 0 Å². The smallest absolute Gasteiger partial charge is 0.276 e. The largest absolute Gasteiger partial charge is 0.378 e. The van der Waals surface area contributed by atoms with Gasteiger partial charge in [-0.3, -0.25) is 4.79 Å². The van der Waals surface area contributed by atoms with Crippen LogP contribution < -0.4 is 10.2 Å². The molecule has 1 aliphatic heterocycles. The predicted molar refractivity (Wildman–Crippen MR) is 129 cm³/mol. The minimum atomic E-state index is -0.238. The van der Waals surface area contributed by atoms with Gasteiger partial charge in [0.15, 0.2) is 5.69 Å². The van der Waals surface area contributed by atoms with E-state index in [1.54, 1.807) is 6.20 Å². The molecule has 3 aromatic rings. The third kappa shape index (κ3) is 4.73. The molecule has 1 saturated carbocycles. The van der Waals surface area contributed by atoms with Crippen LogP contribution in [-0.2, 0) is 4.74 Å². The maximum atomic E-state index is 12.9. The van der Waals surface area contributed by atoms with Gasteiger partial charge in [0.2, 0.25) is 0 Å².